The van der Waals surface area contributed by atoms with E-state index < -0.39 is 0 Å². The molecule has 14 heavy (non-hydrogen) atoms. The van der Waals surface area contributed by atoms with Crippen molar-refractivity contribution in [3.8, 4) is 0 Å². The van der Waals surface area contributed by atoms with E-state index in [1.165, 1.54) is 4.88 Å². The van der Waals surface area contributed by atoms with E-state index in [0.717, 1.165) is 23.8 Å². The summed E-state index contributed by atoms with van der Waals surface area (Å²) in [5, 5.41) is 3.30. The predicted molar refractivity (Wildman–Crippen MR) is 65.8 cm³/mol. The third-order valence-electron chi connectivity index (χ3n) is 1.69. The topological polar surface area (TPSA) is 12.0 Å². The van der Waals surface area contributed by atoms with E-state index in [4.69, 9.17) is 23.2 Å². The summed E-state index contributed by atoms with van der Waals surface area (Å²) in [5.74, 6) is 0.586. The Labute approximate surface area is 98.7 Å². The maximum Gasteiger partial charge on any atom is 0.0931 e. The molecule has 1 aromatic rings. The van der Waals surface area contributed by atoms with Gasteiger partial charge in [-0.2, -0.15) is 0 Å². The number of thiophene rings is 1. The molecule has 0 saturated carbocycles. The lowest BCUT2D eigenvalue weighted by Gasteiger charge is -1.98. The highest BCUT2D eigenvalue weighted by atomic mass is 35.5. The molecule has 1 rings (SSSR count). The summed E-state index contributed by atoms with van der Waals surface area (Å²) in [6.07, 6.45) is 5.01. The summed E-state index contributed by atoms with van der Waals surface area (Å²) >= 11 is 12.9. The van der Waals surface area contributed by atoms with Crippen molar-refractivity contribution in [2.24, 2.45) is 0 Å². The molecule has 0 aliphatic carbocycles. The molecule has 0 amide bonds. The fourth-order valence-electron chi connectivity index (χ4n) is 1.03. The second kappa shape index (κ2) is 7.30. The van der Waals surface area contributed by atoms with Crippen molar-refractivity contribution in [2.75, 3.05) is 19.0 Å². The van der Waals surface area contributed by atoms with Crippen LogP contribution in [0.4, 0.5) is 0 Å². The molecular formula is C10H13Cl2NS. The largest absolute Gasteiger partial charge is 0.313 e. The van der Waals surface area contributed by atoms with Gasteiger partial charge < -0.3 is 5.32 Å². The van der Waals surface area contributed by atoms with Gasteiger partial charge in [0.2, 0.25) is 0 Å². The summed E-state index contributed by atoms with van der Waals surface area (Å²) in [5.41, 5.74) is 0. The quantitative estimate of drug-likeness (QED) is 0.464. The van der Waals surface area contributed by atoms with Crippen molar-refractivity contribution in [2.45, 2.75) is 6.42 Å². The van der Waals surface area contributed by atoms with E-state index in [-0.39, 0.29) is 0 Å². The number of halogens is 2. The summed E-state index contributed by atoms with van der Waals surface area (Å²) < 4.78 is 0.863. The average Bonchev–Trinajstić information content (AvgIpc) is 2.58. The standard InChI is InChI=1S/C10H13Cl2NS/c11-6-1-2-7-13-8-5-9-3-4-10(12)14-9/h1-4,13H,5-8H2/b2-1+. The SMILES string of the molecule is ClC/C=C/CNCCc1ccc(Cl)s1. The second-order valence-electron chi connectivity index (χ2n) is 2.79. The summed E-state index contributed by atoms with van der Waals surface area (Å²) in [4.78, 5) is 1.32. The molecule has 0 spiro atoms. The minimum atomic E-state index is 0.586. The third kappa shape index (κ3) is 5.01. The summed E-state index contributed by atoms with van der Waals surface area (Å²) in [6, 6.07) is 4.01. The molecule has 0 aliphatic rings. The van der Waals surface area contributed by atoms with Gasteiger partial charge in [-0.25, -0.2) is 0 Å². The molecular weight excluding hydrogens is 237 g/mol. The highest BCUT2D eigenvalue weighted by Gasteiger charge is 1.96. The Morgan fingerprint density at radius 3 is 2.86 bits per heavy atom. The molecule has 78 valence electrons. The van der Waals surface area contributed by atoms with Gasteiger partial charge in [-0.1, -0.05) is 23.8 Å². The van der Waals surface area contributed by atoms with Gasteiger partial charge in [0.15, 0.2) is 0 Å². The Kier molecular flexibility index (Phi) is 6.28. The highest BCUT2D eigenvalue weighted by Crippen LogP contribution is 2.21. The van der Waals surface area contributed by atoms with Crippen molar-refractivity contribution < 1.29 is 0 Å². The molecule has 1 heterocycles. The van der Waals surface area contributed by atoms with Crippen LogP contribution in [-0.4, -0.2) is 19.0 Å². The van der Waals surface area contributed by atoms with Crippen LogP contribution in [0.2, 0.25) is 4.34 Å². The van der Waals surface area contributed by atoms with Crippen molar-refractivity contribution in [1.82, 2.24) is 5.32 Å². The predicted octanol–water partition coefficient (Wildman–Crippen LogP) is 3.33. The van der Waals surface area contributed by atoms with Gasteiger partial charge in [0, 0.05) is 23.8 Å². The van der Waals surface area contributed by atoms with E-state index in [1.807, 2.05) is 18.2 Å². The zero-order valence-electron chi connectivity index (χ0n) is 7.80. The first-order chi connectivity index (χ1) is 6.83. The maximum atomic E-state index is 5.81. The summed E-state index contributed by atoms with van der Waals surface area (Å²) in [7, 11) is 0. The van der Waals surface area contributed by atoms with Crippen LogP contribution >= 0.6 is 34.5 Å². The smallest absolute Gasteiger partial charge is 0.0931 e. The third-order valence-corrected chi connectivity index (χ3v) is 3.16. The second-order valence-corrected chi connectivity index (χ2v) is 4.89. The zero-order chi connectivity index (χ0) is 10.2. The monoisotopic (exact) mass is 249 g/mol. The van der Waals surface area contributed by atoms with Crippen LogP contribution in [-0.2, 0) is 6.42 Å². The lowest BCUT2D eigenvalue weighted by atomic mass is 10.3. The number of hydrogen-bond donors (Lipinski definition) is 1. The fraction of sp³-hybridized carbons (Fsp3) is 0.400. The molecule has 0 fully saturated rings. The van der Waals surface area contributed by atoms with Gasteiger partial charge >= 0.3 is 0 Å². The molecule has 0 aliphatic heterocycles. The number of hydrogen-bond acceptors (Lipinski definition) is 2. The molecule has 1 nitrogen and oxygen atoms in total. The molecule has 0 bridgehead atoms. The van der Waals surface area contributed by atoms with Crippen LogP contribution in [0.25, 0.3) is 0 Å². The first-order valence-electron chi connectivity index (χ1n) is 4.49. The zero-order valence-corrected chi connectivity index (χ0v) is 10.1. The van der Waals surface area contributed by atoms with Crippen LogP contribution in [0, 0.1) is 0 Å². The molecule has 0 unspecified atom stereocenters. The lowest BCUT2D eigenvalue weighted by molar-refractivity contribution is 0.749. The van der Waals surface area contributed by atoms with E-state index in [9.17, 15) is 0 Å². The minimum absolute atomic E-state index is 0.586. The van der Waals surface area contributed by atoms with Crippen LogP contribution in [0.5, 0.6) is 0 Å². The Morgan fingerprint density at radius 2 is 2.21 bits per heavy atom. The summed E-state index contributed by atoms with van der Waals surface area (Å²) in [6.45, 7) is 1.86. The molecule has 1 aromatic heterocycles. The van der Waals surface area contributed by atoms with Crippen molar-refractivity contribution >= 4 is 34.5 Å². The number of rotatable bonds is 6. The van der Waals surface area contributed by atoms with Crippen molar-refractivity contribution in [3.05, 3.63) is 33.5 Å². The molecule has 0 radical (unpaired) electrons. The average molecular weight is 250 g/mol. The van der Waals surface area contributed by atoms with Crippen LogP contribution in [0.1, 0.15) is 4.88 Å². The van der Waals surface area contributed by atoms with Gasteiger partial charge in [-0.05, 0) is 18.6 Å². The normalized spacial score (nSPS) is 11.3. The maximum absolute atomic E-state index is 5.81. The Balaban J connectivity index is 2.07. The Hall–Kier alpha value is -0.0200. The van der Waals surface area contributed by atoms with Gasteiger partial charge in [-0.3, -0.25) is 0 Å². The van der Waals surface area contributed by atoms with Crippen LogP contribution < -0.4 is 5.32 Å². The molecule has 4 heteroatoms. The van der Waals surface area contributed by atoms with E-state index >= 15 is 0 Å². The molecule has 1 N–H and O–H groups in total. The highest BCUT2D eigenvalue weighted by molar-refractivity contribution is 7.16. The number of allylic oxidation sites excluding steroid dienone is 1. The molecule has 0 aromatic carbocycles. The first-order valence-corrected chi connectivity index (χ1v) is 6.21. The van der Waals surface area contributed by atoms with E-state index in [0.29, 0.717) is 5.88 Å². The number of alkyl halides is 1. The number of nitrogens with one attached hydrogen (secondary N) is 1. The fourth-order valence-corrected chi connectivity index (χ4v) is 2.24. The first kappa shape index (κ1) is 12.1. The van der Waals surface area contributed by atoms with Crippen LogP contribution in [0.3, 0.4) is 0 Å². The molecule has 0 atom stereocenters. The van der Waals surface area contributed by atoms with Gasteiger partial charge in [0.1, 0.15) is 0 Å². The lowest BCUT2D eigenvalue weighted by Crippen LogP contribution is -2.16. The Bertz CT molecular complexity index is 283. The van der Waals surface area contributed by atoms with Gasteiger partial charge in [-0.15, -0.1) is 22.9 Å². The van der Waals surface area contributed by atoms with Crippen LogP contribution in [0.15, 0.2) is 24.3 Å². The van der Waals surface area contributed by atoms with Crippen molar-refractivity contribution in [3.63, 3.8) is 0 Å². The Morgan fingerprint density at radius 1 is 1.36 bits per heavy atom. The van der Waals surface area contributed by atoms with Gasteiger partial charge in [0.05, 0.1) is 4.34 Å². The minimum Gasteiger partial charge on any atom is -0.313 e. The van der Waals surface area contributed by atoms with E-state index in [1.54, 1.807) is 11.3 Å². The molecule has 0 saturated heterocycles. The van der Waals surface area contributed by atoms with Crippen molar-refractivity contribution in [1.29, 1.82) is 0 Å². The van der Waals surface area contributed by atoms with E-state index in [2.05, 4.69) is 11.4 Å². The van der Waals surface area contributed by atoms with Gasteiger partial charge in [0.25, 0.3) is 0 Å².